The number of aromatic nitrogens is 1. The molecule has 0 saturated heterocycles. The van der Waals surface area contributed by atoms with Crippen molar-refractivity contribution in [2.45, 2.75) is 41.5 Å². The maximum absolute atomic E-state index is 2.44. The van der Waals surface area contributed by atoms with Crippen molar-refractivity contribution in [3.8, 4) is 22.3 Å². The summed E-state index contributed by atoms with van der Waals surface area (Å²) in [5.74, 6) is 0. The zero-order chi connectivity index (χ0) is 22.7. The third-order valence-electron chi connectivity index (χ3n) is 6.64. The first-order valence-corrected chi connectivity index (χ1v) is 12.1. The molecule has 4 aromatic carbocycles. The lowest BCUT2D eigenvalue weighted by Gasteiger charge is -2.13. The largest absolute Gasteiger partial charge is 0.282 e. The number of hydrogen-bond donors (Lipinski definition) is 0. The fourth-order valence-electron chi connectivity index (χ4n) is 5.56. The molecule has 0 bridgehead atoms. The molecule has 1 heterocycles. The second-order valence-electron chi connectivity index (χ2n) is 9.29. The predicted molar refractivity (Wildman–Crippen MR) is 148 cm³/mol. The van der Waals surface area contributed by atoms with E-state index in [9.17, 15) is 0 Å². The first-order chi connectivity index (χ1) is 15.2. The third-order valence-corrected chi connectivity index (χ3v) is 7.68. The Kier molecular flexibility index (Phi) is 5.16. The molecule has 5 rings (SSSR count). The van der Waals surface area contributed by atoms with Crippen LogP contribution in [0.4, 0.5) is 0 Å². The highest BCUT2D eigenvalue weighted by atomic mass is 127. The van der Waals surface area contributed by atoms with Crippen molar-refractivity contribution in [1.82, 2.24) is 2.78 Å². The van der Waals surface area contributed by atoms with Gasteiger partial charge in [-0.25, -0.2) is 0 Å². The molecule has 32 heavy (non-hydrogen) atoms. The summed E-state index contributed by atoms with van der Waals surface area (Å²) >= 11 is 2.44. The highest BCUT2D eigenvalue weighted by Gasteiger charge is 2.15. The first kappa shape index (κ1) is 21.3. The molecule has 0 aliphatic rings. The molecule has 0 radical (unpaired) electrons. The van der Waals surface area contributed by atoms with Crippen LogP contribution in [0.3, 0.4) is 0 Å². The van der Waals surface area contributed by atoms with Crippen LogP contribution in [0.25, 0.3) is 44.1 Å². The van der Waals surface area contributed by atoms with Crippen molar-refractivity contribution < 1.29 is 0 Å². The Labute approximate surface area is 204 Å². The summed E-state index contributed by atoms with van der Waals surface area (Å²) in [6, 6.07) is 23.0. The van der Waals surface area contributed by atoms with Gasteiger partial charge in [-0.15, -0.1) is 0 Å². The highest BCUT2D eigenvalue weighted by Crippen LogP contribution is 2.39. The lowest BCUT2D eigenvalue weighted by molar-refractivity contribution is 1.32. The fourth-order valence-corrected chi connectivity index (χ4v) is 6.40. The van der Waals surface area contributed by atoms with E-state index < -0.39 is 0 Å². The molecular weight excluding hydrogens is 501 g/mol. The summed E-state index contributed by atoms with van der Waals surface area (Å²) in [5, 5.41) is 2.63. The number of nitrogens with zero attached hydrogens (tertiary/aromatic N) is 1. The molecule has 0 aliphatic carbocycles. The maximum atomic E-state index is 2.44. The first-order valence-electron chi connectivity index (χ1n) is 11.2. The van der Waals surface area contributed by atoms with Gasteiger partial charge >= 0.3 is 0 Å². The van der Waals surface area contributed by atoms with Crippen molar-refractivity contribution >= 4 is 44.7 Å². The van der Waals surface area contributed by atoms with E-state index in [0.717, 1.165) is 0 Å². The second kappa shape index (κ2) is 7.77. The van der Waals surface area contributed by atoms with Crippen LogP contribution in [0.5, 0.6) is 0 Å². The van der Waals surface area contributed by atoms with Gasteiger partial charge in [-0.05, 0) is 110 Å². The van der Waals surface area contributed by atoms with Crippen LogP contribution in [0.1, 0.15) is 33.4 Å². The van der Waals surface area contributed by atoms with Crippen LogP contribution in [-0.2, 0) is 0 Å². The summed E-state index contributed by atoms with van der Waals surface area (Å²) < 4.78 is 2.29. The maximum Gasteiger partial charge on any atom is 0.0646 e. The van der Waals surface area contributed by atoms with E-state index >= 15 is 0 Å². The number of benzene rings is 4. The molecule has 1 nitrogen and oxygen atoms in total. The lowest BCUT2D eigenvalue weighted by atomic mass is 9.91. The minimum Gasteiger partial charge on any atom is -0.282 e. The van der Waals surface area contributed by atoms with E-state index in [2.05, 4.69) is 128 Å². The van der Waals surface area contributed by atoms with Crippen LogP contribution >= 0.6 is 22.9 Å². The Morgan fingerprint density at radius 1 is 0.500 bits per heavy atom. The van der Waals surface area contributed by atoms with Gasteiger partial charge < -0.3 is 0 Å². The van der Waals surface area contributed by atoms with E-state index in [-0.39, 0.29) is 0 Å². The van der Waals surface area contributed by atoms with Gasteiger partial charge in [-0.2, -0.15) is 0 Å². The topological polar surface area (TPSA) is 4.93 Å². The summed E-state index contributed by atoms with van der Waals surface area (Å²) in [6.07, 6.45) is 0. The molecular formula is C30H28IN. The Hall–Kier alpha value is -2.59. The Bertz CT molecular complexity index is 1370. The Morgan fingerprint density at radius 3 is 1.19 bits per heavy atom. The standard InChI is InChI=1S/C30H28IN/c1-17-11-19(3)29(20(4)12-17)23-7-9-27-25(15-23)26-16-24(8-10-28(26)32(27)31)30-21(5)13-18(2)14-22(30)6/h7-16H,1-6H3. The molecule has 0 N–H and O–H groups in total. The third kappa shape index (κ3) is 3.36. The average Bonchev–Trinajstić information content (AvgIpc) is 2.98. The molecule has 5 aromatic rings. The summed E-state index contributed by atoms with van der Waals surface area (Å²) in [7, 11) is 0. The van der Waals surface area contributed by atoms with Gasteiger partial charge in [0.25, 0.3) is 0 Å². The Balaban J connectivity index is 1.78. The number of fused-ring (bicyclic) bond motifs is 3. The molecule has 0 aliphatic heterocycles. The quantitative estimate of drug-likeness (QED) is 0.201. The molecule has 2 heteroatoms. The fraction of sp³-hybridized carbons (Fsp3) is 0.200. The van der Waals surface area contributed by atoms with Crippen molar-refractivity contribution in [3.63, 3.8) is 0 Å². The molecule has 160 valence electrons. The second-order valence-corrected chi connectivity index (χ2v) is 10.3. The van der Waals surface area contributed by atoms with Crippen molar-refractivity contribution in [3.05, 3.63) is 94.0 Å². The average molecular weight is 529 g/mol. The van der Waals surface area contributed by atoms with Crippen LogP contribution < -0.4 is 0 Å². The molecule has 0 atom stereocenters. The molecule has 0 saturated carbocycles. The van der Waals surface area contributed by atoms with E-state index in [1.165, 1.54) is 77.4 Å². The number of rotatable bonds is 2. The number of hydrogen-bond acceptors (Lipinski definition) is 0. The van der Waals surface area contributed by atoms with Gasteiger partial charge in [-0.3, -0.25) is 2.78 Å². The van der Waals surface area contributed by atoms with Crippen LogP contribution in [-0.4, -0.2) is 2.78 Å². The van der Waals surface area contributed by atoms with Gasteiger partial charge in [0.1, 0.15) is 0 Å². The van der Waals surface area contributed by atoms with Gasteiger partial charge in [0.05, 0.1) is 33.9 Å². The summed E-state index contributed by atoms with van der Waals surface area (Å²) in [6.45, 7) is 13.2. The van der Waals surface area contributed by atoms with Crippen molar-refractivity contribution in [2.75, 3.05) is 0 Å². The van der Waals surface area contributed by atoms with Crippen LogP contribution in [0.15, 0.2) is 60.7 Å². The predicted octanol–water partition coefficient (Wildman–Crippen LogP) is 9.18. The van der Waals surface area contributed by atoms with Crippen molar-refractivity contribution in [1.29, 1.82) is 0 Å². The van der Waals surface area contributed by atoms with E-state index in [0.29, 0.717) is 0 Å². The van der Waals surface area contributed by atoms with Gasteiger partial charge in [0, 0.05) is 10.8 Å². The molecule has 0 spiro atoms. The molecule has 0 fully saturated rings. The monoisotopic (exact) mass is 529 g/mol. The van der Waals surface area contributed by atoms with Crippen molar-refractivity contribution in [2.24, 2.45) is 0 Å². The normalized spacial score (nSPS) is 11.6. The van der Waals surface area contributed by atoms with Gasteiger partial charge in [-0.1, -0.05) is 47.5 Å². The SMILES string of the molecule is Cc1cc(C)c(-c2ccc3c(c2)c2cc(-c4c(C)cc(C)cc4C)ccc2n3I)c(C)c1. The van der Waals surface area contributed by atoms with Crippen LogP contribution in [0, 0.1) is 41.5 Å². The van der Waals surface area contributed by atoms with E-state index in [4.69, 9.17) is 0 Å². The van der Waals surface area contributed by atoms with Crippen LogP contribution in [0.2, 0.25) is 0 Å². The van der Waals surface area contributed by atoms with E-state index in [1.807, 2.05) is 0 Å². The summed E-state index contributed by atoms with van der Waals surface area (Å²) in [4.78, 5) is 0. The zero-order valence-corrected chi connectivity index (χ0v) is 21.8. The highest BCUT2D eigenvalue weighted by molar-refractivity contribution is 14.1. The Morgan fingerprint density at radius 2 is 0.844 bits per heavy atom. The van der Waals surface area contributed by atoms with Gasteiger partial charge in [0.15, 0.2) is 0 Å². The minimum absolute atomic E-state index is 1.27. The number of halogens is 1. The van der Waals surface area contributed by atoms with E-state index in [1.54, 1.807) is 0 Å². The summed E-state index contributed by atoms with van der Waals surface area (Å²) in [5.41, 5.74) is 15.8. The molecule has 1 aromatic heterocycles. The lowest BCUT2D eigenvalue weighted by Crippen LogP contribution is -1.90. The smallest absolute Gasteiger partial charge is 0.0646 e. The number of aryl methyl sites for hydroxylation is 6. The zero-order valence-electron chi connectivity index (χ0n) is 19.6. The van der Waals surface area contributed by atoms with Gasteiger partial charge in [0.2, 0.25) is 0 Å². The molecule has 0 unspecified atom stereocenters. The molecule has 0 amide bonds. The minimum atomic E-state index is 1.27.